The first kappa shape index (κ1) is 19.5. The Balaban J connectivity index is 1.94. The largest absolute Gasteiger partial charge is 0.493 e. The second-order valence-corrected chi connectivity index (χ2v) is 5.91. The molecule has 7 heteroatoms. The molecule has 136 valence electrons. The number of benzene rings is 2. The SMILES string of the molecule is CCCOc1ccccc1/C=N\NC(=O)C(=O)Nc1ccc(C)c(Cl)c1. The Labute approximate surface area is 157 Å². The summed E-state index contributed by atoms with van der Waals surface area (Å²) in [5, 5.41) is 6.78. The first-order chi connectivity index (χ1) is 12.5. The number of nitrogens with zero attached hydrogens (tertiary/aromatic N) is 1. The van der Waals surface area contributed by atoms with Crippen molar-refractivity contribution >= 4 is 35.3 Å². The number of aryl methyl sites for hydroxylation is 1. The van der Waals surface area contributed by atoms with Crippen molar-refractivity contribution in [1.29, 1.82) is 0 Å². The predicted octanol–water partition coefficient (Wildman–Crippen LogP) is 3.53. The zero-order valence-corrected chi connectivity index (χ0v) is 15.3. The van der Waals surface area contributed by atoms with Gasteiger partial charge >= 0.3 is 11.8 Å². The first-order valence-corrected chi connectivity index (χ1v) is 8.51. The van der Waals surface area contributed by atoms with Crippen LogP contribution in [0.4, 0.5) is 5.69 Å². The molecule has 2 aromatic carbocycles. The number of anilines is 1. The highest BCUT2D eigenvalue weighted by molar-refractivity contribution is 6.39. The molecule has 0 fully saturated rings. The number of carbonyl (C=O) groups excluding carboxylic acids is 2. The molecule has 0 aromatic heterocycles. The van der Waals surface area contributed by atoms with Crippen LogP contribution in [-0.4, -0.2) is 24.6 Å². The van der Waals surface area contributed by atoms with E-state index in [2.05, 4.69) is 15.8 Å². The third-order valence-electron chi connectivity index (χ3n) is 3.39. The molecule has 0 aliphatic rings. The minimum Gasteiger partial charge on any atom is -0.493 e. The number of carbonyl (C=O) groups is 2. The van der Waals surface area contributed by atoms with E-state index >= 15 is 0 Å². The van der Waals surface area contributed by atoms with Crippen LogP contribution in [0.5, 0.6) is 5.75 Å². The van der Waals surface area contributed by atoms with E-state index in [0.717, 1.165) is 12.0 Å². The molecular weight excluding hydrogens is 354 g/mol. The molecule has 0 saturated carbocycles. The molecule has 2 aromatic rings. The maximum atomic E-state index is 11.9. The van der Waals surface area contributed by atoms with Gasteiger partial charge in [0.15, 0.2) is 0 Å². The van der Waals surface area contributed by atoms with Crippen LogP contribution in [0.25, 0.3) is 0 Å². The number of hydrogen-bond donors (Lipinski definition) is 2. The fraction of sp³-hybridized carbons (Fsp3) is 0.211. The standard InChI is InChI=1S/C19H20ClN3O3/c1-3-10-26-17-7-5-4-6-14(17)12-21-23-19(25)18(24)22-15-9-8-13(2)16(20)11-15/h4-9,11-12H,3,10H2,1-2H3,(H,22,24)(H,23,25)/b21-12-. The van der Waals surface area contributed by atoms with Crippen molar-refractivity contribution in [3.8, 4) is 5.75 Å². The van der Waals surface area contributed by atoms with Gasteiger partial charge in [-0.05, 0) is 43.2 Å². The zero-order chi connectivity index (χ0) is 18.9. The van der Waals surface area contributed by atoms with Crippen molar-refractivity contribution in [3.05, 3.63) is 58.6 Å². The van der Waals surface area contributed by atoms with Gasteiger partial charge in [-0.15, -0.1) is 0 Å². The molecule has 0 radical (unpaired) electrons. The minimum absolute atomic E-state index is 0.433. The van der Waals surface area contributed by atoms with Crippen LogP contribution in [-0.2, 0) is 9.59 Å². The summed E-state index contributed by atoms with van der Waals surface area (Å²) in [6, 6.07) is 12.3. The van der Waals surface area contributed by atoms with Crippen LogP contribution >= 0.6 is 11.6 Å². The summed E-state index contributed by atoms with van der Waals surface area (Å²) in [5.74, 6) is -1.06. The summed E-state index contributed by atoms with van der Waals surface area (Å²) in [5.41, 5.74) is 4.20. The Morgan fingerprint density at radius 3 is 2.69 bits per heavy atom. The highest BCUT2D eigenvalue weighted by Crippen LogP contribution is 2.19. The summed E-state index contributed by atoms with van der Waals surface area (Å²) in [7, 11) is 0. The van der Waals surface area contributed by atoms with Gasteiger partial charge in [0, 0.05) is 16.3 Å². The summed E-state index contributed by atoms with van der Waals surface area (Å²) < 4.78 is 5.60. The Morgan fingerprint density at radius 1 is 1.19 bits per heavy atom. The van der Waals surface area contributed by atoms with Crippen LogP contribution in [0.3, 0.4) is 0 Å². The van der Waals surface area contributed by atoms with E-state index < -0.39 is 11.8 Å². The van der Waals surface area contributed by atoms with Crippen molar-refractivity contribution in [2.75, 3.05) is 11.9 Å². The Morgan fingerprint density at radius 2 is 1.96 bits per heavy atom. The number of halogens is 1. The van der Waals surface area contributed by atoms with E-state index in [4.69, 9.17) is 16.3 Å². The first-order valence-electron chi connectivity index (χ1n) is 8.13. The maximum Gasteiger partial charge on any atom is 0.329 e. The number of hydrazone groups is 1. The van der Waals surface area contributed by atoms with Crippen molar-refractivity contribution in [3.63, 3.8) is 0 Å². The molecule has 0 aliphatic carbocycles. The summed E-state index contributed by atoms with van der Waals surface area (Å²) >= 11 is 5.99. The molecule has 26 heavy (non-hydrogen) atoms. The number of para-hydroxylation sites is 1. The molecule has 2 rings (SSSR count). The molecule has 2 amide bonds. The molecule has 6 nitrogen and oxygen atoms in total. The topological polar surface area (TPSA) is 79.8 Å². The van der Waals surface area contributed by atoms with Crippen LogP contribution < -0.4 is 15.5 Å². The lowest BCUT2D eigenvalue weighted by Crippen LogP contribution is -2.32. The van der Waals surface area contributed by atoms with Gasteiger partial charge in [-0.25, -0.2) is 5.43 Å². The third-order valence-corrected chi connectivity index (χ3v) is 3.79. The highest BCUT2D eigenvalue weighted by atomic mass is 35.5. The van der Waals surface area contributed by atoms with E-state index in [9.17, 15) is 9.59 Å². The van der Waals surface area contributed by atoms with Gasteiger partial charge in [0.25, 0.3) is 0 Å². The van der Waals surface area contributed by atoms with Gasteiger partial charge in [-0.1, -0.05) is 36.7 Å². The highest BCUT2D eigenvalue weighted by Gasteiger charge is 2.13. The molecule has 0 atom stereocenters. The Hall–Kier alpha value is -2.86. The van der Waals surface area contributed by atoms with Crippen molar-refractivity contribution in [2.45, 2.75) is 20.3 Å². The molecule has 2 N–H and O–H groups in total. The van der Waals surface area contributed by atoms with Gasteiger partial charge in [-0.2, -0.15) is 5.10 Å². The van der Waals surface area contributed by atoms with E-state index in [1.54, 1.807) is 24.3 Å². The second-order valence-electron chi connectivity index (χ2n) is 5.50. The lowest BCUT2D eigenvalue weighted by Gasteiger charge is -2.07. The number of rotatable bonds is 6. The van der Waals surface area contributed by atoms with Crippen LogP contribution in [0.1, 0.15) is 24.5 Å². The zero-order valence-electron chi connectivity index (χ0n) is 14.6. The maximum absolute atomic E-state index is 11.9. The molecular formula is C19H20ClN3O3. The molecule has 0 aliphatic heterocycles. The van der Waals surface area contributed by atoms with Gasteiger partial charge in [-0.3, -0.25) is 9.59 Å². The predicted molar refractivity (Wildman–Crippen MR) is 103 cm³/mol. The number of nitrogens with one attached hydrogen (secondary N) is 2. The number of ether oxygens (including phenoxy) is 1. The Bertz CT molecular complexity index is 821. The van der Waals surface area contributed by atoms with Crippen LogP contribution in [0, 0.1) is 6.92 Å². The lowest BCUT2D eigenvalue weighted by molar-refractivity contribution is -0.136. The normalized spacial score (nSPS) is 10.6. The number of amides is 2. The number of hydrogen-bond acceptors (Lipinski definition) is 4. The summed E-state index contributed by atoms with van der Waals surface area (Å²) in [6.45, 7) is 4.44. The second kappa shape index (κ2) is 9.58. The van der Waals surface area contributed by atoms with E-state index in [0.29, 0.717) is 28.6 Å². The minimum atomic E-state index is -0.884. The average Bonchev–Trinajstić information content (AvgIpc) is 2.63. The van der Waals surface area contributed by atoms with Crippen molar-refractivity contribution < 1.29 is 14.3 Å². The van der Waals surface area contributed by atoms with Crippen molar-refractivity contribution in [2.24, 2.45) is 5.10 Å². The third kappa shape index (κ3) is 5.60. The van der Waals surface area contributed by atoms with E-state index in [-0.39, 0.29) is 0 Å². The Kier molecular flexibility index (Phi) is 7.17. The smallest absolute Gasteiger partial charge is 0.329 e. The summed E-state index contributed by atoms with van der Waals surface area (Å²) in [4.78, 5) is 23.7. The van der Waals surface area contributed by atoms with Gasteiger partial charge < -0.3 is 10.1 Å². The molecule has 0 spiro atoms. The van der Waals surface area contributed by atoms with Gasteiger partial charge in [0.1, 0.15) is 5.75 Å². The van der Waals surface area contributed by atoms with Crippen molar-refractivity contribution in [1.82, 2.24) is 5.43 Å². The van der Waals surface area contributed by atoms with Crippen LogP contribution in [0.2, 0.25) is 5.02 Å². The summed E-state index contributed by atoms with van der Waals surface area (Å²) in [6.07, 6.45) is 2.31. The molecule has 0 heterocycles. The van der Waals surface area contributed by atoms with E-state index in [1.807, 2.05) is 32.0 Å². The monoisotopic (exact) mass is 373 g/mol. The molecule has 0 saturated heterocycles. The van der Waals surface area contributed by atoms with Gasteiger partial charge in [0.2, 0.25) is 0 Å². The fourth-order valence-electron chi connectivity index (χ4n) is 2.00. The molecule has 0 unspecified atom stereocenters. The van der Waals surface area contributed by atoms with Gasteiger partial charge in [0.05, 0.1) is 12.8 Å². The van der Waals surface area contributed by atoms with Crippen LogP contribution in [0.15, 0.2) is 47.6 Å². The fourth-order valence-corrected chi connectivity index (χ4v) is 2.18. The molecule has 0 bridgehead atoms. The van der Waals surface area contributed by atoms with E-state index in [1.165, 1.54) is 6.21 Å². The quantitative estimate of drug-likeness (QED) is 0.462. The lowest BCUT2D eigenvalue weighted by atomic mass is 10.2. The average molecular weight is 374 g/mol.